The number of aryl methyl sites for hydroxylation is 1. The Morgan fingerprint density at radius 3 is 2.16 bits per heavy atom. The fraction of sp³-hybridized carbons (Fsp3) is 0.688. The highest BCUT2D eigenvalue weighted by molar-refractivity contribution is 7.86. The summed E-state index contributed by atoms with van der Waals surface area (Å²) in [6, 6.07) is 3.86. The van der Waals surface area contributed by atoms with Gasteiger partial charge in [0.2, 0.25) is 0 Å². The van der Waals surface area contributed by atoms with E-state index in [9.17, 15) is 13.2 Å². The van der Waals surface area contributed by atoms with Gasteiger partial charge in [0.15, 0.2) is 0 Å². The molecule has 2 fully saturated rings. The number of nitrogens with one attached hydrogen (secondary N) is 1. The van der Waals surface area contributed by atoms with Crippen LogP contribution in [0.5, 0.6) is 0 Å². The summed E-state index contributed by atoms with van der Waals surface area (Å²) >= 11 is 0. The van der Waals surface area contributed by atoms with Crippen LogP contribution in [0.4, 0.5) is 4.79 Å². The lowest BCUT2D eigenvalue weighted by Gasteiger charge is -2.35. The summed E-state index contributed by atoms with van der Waals surface area (Å²) in [5, 5.41) is 2.92. The third kappa shape index (κ3) is 4.53. The molecule has 140 valence electrons. The zero-order valence-electron chi connectivity index (χ0n) is 14.5. The molecule has 0 spiro atoms. The summed E-state index contributed by atoms with van der Waals surface area (Å²) in [7, 11) is -3.35. The second kappa shape index (κ2) is 8.20. The zero-order chi connectivity index (χ0) is 17.7. The van der Waals surface area contributed by atoms with E-state index in [1.54, 1.807) is 9.21 Å². The molecule has 1 N–H and O–H groups in total. The van der Waals surface area contributed by atoms with Gasteiger partial charge in [-0.05, 0) is 31.4 Å². The van der Waals surface area contributed by atoms with E-state index >= 15 is 0 Å². The molecule has 2 amide bonds. The van der Waals surface area contributed by atoms with E-state index in [4.69, 9.17) is 0 Å². The number of carbonyl (C=O) groups excluding carboxylic acids is 1. The second-order valence-electron chi connectivity index (χ2n) is 6.51. The number of aromatic nitrogens is 1. The Morgan fingerprint density at radius 2 is 1.52 bits per heavy atom. The Bertz CT molecular complexity index is 647. The summed E-state index contributed by atoms with van der Waals surface area (Å²) in [6.07, 6.45) is 6.74. The van der Waals surface area contributed by atoms with Crippen molar-refractivity contribution < 1.29 is 13.2 Å². The Balaban J connectivity index is 1.38. The zero-order valence-corrected chi connectivity index (χ0v) is 15.3. The van der Waals surface area contributed by atoms with Crippen LogP contribution in [-0.4, -0.2) is 78.3 Å². The number of urea groups is 1. The smallest absolute Gasteiger partial charge is 0.317 e. The molecule has 3 rings (SSSR count). The number of rotatable bonds is 6. The van der Waals surface area contributed by atoms with Crippen LogP contribution in [-0.2, 0) is 16.8 Å². The monoisotopic (exact) mass is 369 g/mol. The molecule has 0 bridgehead atoms. The minimum Gasteiger partial charge on any atom is -0.354 e. The van der Waals surface area contributed by atoms with Gasteiger partial charge in [-0.25, -0.2) is 4.79 Å². The van der Waals surface area contributed by atoms with Gasteiger partial charge in [-0.15, -0.1) is 0 Å². The minimum absolute atomic E-state index is 0.106. The lowest BCUT2D eigenvalue weighted by molar-refractivity contribution is 0.169. The largest absolute Gasteiger partial charge is 0.354 e. The van der Waals surface area contributed by atoms with Gasteiger partial charge in [0.1, 0.15) is 0 Å². The fourth-order valence-corrected chi connectivity index (χ4v) is 4.96. The normalized spacial score (nSPS) is 20.1. The van der Waals surface area contributed by atoms with Crippen molar-refractivity contribution >= 4 is 16.2 Å². The second-order valence-corrected chi connectivity index (χ2v) is 8.43. The third-order valence-electron chi connectivity index (χ3n) is 4.78. The minimum atomic E-state index is -3.35. The molecule has 0 aromatic carbocycles. The molecule has 0 radical (unpaired) electrons. The third-order valence-corrected chi connectivity index (χ3v) is 6.81. The molecule has 1 aromatic rings. The molecular formula is C16H27N5O3S. The first-order valence-electron chi connectivity index (χ1n) is 8.96. The van der Waals surface area contributed by atoms with Crippen molar-refractivity contribution in [2.24, 2.45) is 0 Å². The topological polar surface area (TPSA) is 77.9 Å². The van der Waals surface area contributed by atoms with E-state index < -0.39 is 10.2 Å². The number of piperazine rings is 1. The fourth-order valence-electron chi connectivity index (χ4n) is 3.29. The number of hydrogen-bond acceptors (Lipinski definition) is 3. The van der Waals surface area contributed by atoms with Crippen LogP contribution in [0.25, 0.3) is 0 Å². The van der Waals surface area contributed by atoms with Crippen LogP contribution in [0.3, 0.4) is 0 Å². The molecule has 1 aromatic heterocycles. The molecule has 25 heavy (non-hydrogen) atoms. The molecule has 8 nitrogen and oxygen atoms in total. The maximum atomic E-state index is 12.5. The van der Waals surface area contributed by atoms with Gasteiger partial charge >= 0.3 is 6.03 Å². The number of carbonyl (C=O) groups is 1. The van der Waals surface area contributed by atoms with Crippen molar-refractivity contribution in [1.29, 1.82) is 0 Å². The highest BCUT2D eigenvalue weighted by Gasteiger charge is 2.34. The molecule has 3 heterocycles. The average Bonchev–Trinajstić information content (AvgIpc) is 3.32. The molecule has 0 aliphatic carbocycles. The summed E-state index contributed by atoms with van der Waals surface area (Å²) in [4.78, 5) is 13.9. The van der Waals surface area contributed by atoms with Crippen molar-refractivity contribution in [2.75, 3.05) is 45.8 Å². The van der Waals surface area contributed by atoms with Crippen LogP contribution in [0.15, 0.2) is 24.5 Å². The van der Waals surface area contributed by atoms with Gasteiger partial charge in [-0.3, -0.25) is 0 Å². The first kappa shape index (κ1) is 18.2. The van der Waals surface area contributed by atoms with Gasteiger partial charge < -0.3 is 14.8 Å². The maximum Gasteiger partial charge on any atom is 0.317 e. The van der Waals surface area contributed by atoms with Crippen LogP contribution < -0.4 is 5.32 Å². The van der Waals surface area contributed by atoms with Crippen molar-refractivity contribution in [1.82, 2.24) is 23.4 Å². The van der Waals surface area contributed by atoms with Crippen molar-refractivity contribution in [3.8, 4) is 0 Å². The first-order chi connectivity index (χ1) is 12.1. The van der Waals surface area contributed by atoms with E-state index in [1.807, 2.05) is 24.5 Å². The predicted octanol–water partition coefficient (Wildman–Crippen LogP) is 0.546. The highest BCUT2D eigenvalue weighted by Crippen LogP contribution is 2.18. The molecular weight excluding hydrogens is 342 g/mol. The van der Waals surface area contributed by atoms with Gasteiger partial charge in [-0.2, -0.15) is 17.0 Å². The molecule has 2 aliphatic heterocycles. The Morgan fingerprint density at radius 1 is 0.920 bits per heavy atom. The van der Waals surface area contributed by atoms with Crippen LogP contribution in [0, 0.1) is 0 Å². The van der Waals surface area contributed by atoms with E-state index in [2.05, 4.69) is 9.88 Å². The predicted molar refractivity (Wildman–Crippen MR) is 95.3 cm³/mol. The van der Waals surface area contributed by atoms with Gasteiger partial charge in [0.25, 0.3) is 10.2 Å². The van der Waals surface area contributed by atoms with Gasteiger partial charge in [-0.1, -0.05) is 0 Å². The SMILES string of the molecule is O=C(NCCCn1cccc1)N1CCN(S(=O)(=O)N2CCCC2)CC1. The highest BCUT2D eigenvalue weighted by atomic mass is 32.2. The summed E-state index contributed by atoms with van der Waals surface area (Å²) in [5.41, 5.74) is 0. The molecule has 0 unspecified atom stereocenters. The summed E-state index contributed by atoms with van der Waals surface area (Å²) in [5.74, 6) is 0. The molecule has 2 aliphatic rings. The number of hydrogen-bond donors (Lipinski definition) is 1. The first-order valence-corrected chi connectivity index (χ1v) is 10.4. The quantitative estimate of drug-likeness (QED) is 0.744. The van der Waals surface area contributed by atoms with Crippen LogP contribution in [0.2, 0.25) is 0 Å². The standard InChI is InChI=1S/C16H27N5O3S/c22-16(17-6-5-9-18-7-1-2-8-18)19-12-14-21(15-13-19)25(23,24)20-10-3-4-11-20/h1-2,7-8H,3-6,9-15H2,(H,17,22). The molecule has 9 heteroatoms. The van der Waals surface area contributed by atoms with E-state index in [0.717, 1.165) is 25.8 Å². The van der Waals surface area contributed by atoms with Crippen molar-refractivity contribution in [3.63, 3.8) is 0 Å². The van der Waals surface area contributed by atoms with E-state index in [0.29, 0.717) is 45.8 Å². The van der Waals surface area contributed by atoms with Crippen LogP contribution >= 0.6 is 0 Å². The van der Waals surface area contributed by atoms with Crippen molar-refractivity contribution in [3.05, 3.63) is 24.5 Å². The number of nitrogens with zero attached hydrogens (tertiary/aromatic N) is 4. The van der Waals surface area contributed by atoms with E-state index in [1.165, 1.54) is 4.31 Å². The molecule has 0 atom stereocenters. The van der Waals surface area contributed by atoms with E-state index in [-0.39, 0.29) is 6.03 Å². The van der Waals surface area contributed by atoms with Crippen molar-refractivity contribution in [2.45, 2.75) is 25.8 Å². The van der Waals surface area contributed by atoms with Gasteiger partial charge in [0.05, 0.1) is 0 Å². The maximum absolute atomic E-state index is 12.5. The summed E-state index contributed by atoms with van der Waals surface area (Å²) < 4.78 is 30.2. The van der Waals surface area contributed by atoms with Gasteiger partial charge in [0, 0.05) is 64.8 Å². The molecule has 0 saturated carbocycles. The Kier molecular flexibility index (Phi) is 5.98. The average molecular weight is 369 g/mol. The Labute approximate surface area is 149 Å². The van der Waals surface area contributed by atoms with Crippen LogP contribution in [0.1, 0.15) is 19.3 Å². The lowest BCUT2D eigenvalue weighted by atomic mass is 10.4. The molecule has 2 saturated heterocycles. The Hall–Kier alpha value is -1.58. The lowest BCUT2D eigenvalue weighted by Crippen LogP contribution is -2.55. The number of amides is 2. The summed E-state index contributed by atoms with van der Waals surface area (Å²) in [6.45, 7) is 4.34.